The lowest BCUT2D eigenvalue weighted by Gasteiger charge is -2.07. The second-order valence-corrected chi connectivity index (χ2v) is 6.67. The molecular weight excluding hydrogens is 456 g/mol. The van der Waals surface area contributed by atoms with Crippen molar-refractivity contribution < 1.29 is 35.6 Å². The number of nitrogens with zero attached hydrogens (tertiary/aromatic N) is 4. The van der Waals surface area contributed by atoms with Crippen LogP contribution in [0, 0.1) is 0 Å². The van der Waals surface area contributed by atoms with Gasteiger partial charge < -0.3 is 4.42 Å². The summed E-state index contributed by atoms with van der Waals surface area (Å²) in [5.74, 6) is -0.985. The van der Waals surface area contributed by atoms with Crippen molar-refractivity contribution in [3.05, 3.63) is 77.6 Å². The molecule has 2 aromatic heterocycles. The van der Waals surface area contributed by atoms with Crippen molar-refractivity contribution in [2.24, 2.45) is 0 Å². The van der Waals surface area contributed by atoms with Crippen molar-refractivity contribution in [3.8, 4) is 17.1 Å². The molecule has 0 atom stereocenters. The number of anilines is 1. The van der Waals surface area contributed by atoms with Crippen molar-refractivity contribution in [2.75, 3.05) is 5.32 Å². The Morgan fingerprint density at radius 1 is 0.909 bits per heavy atom. The van der Waals surface area contributed by atoms with Crippen LogP contribution in [-0.4, -0.2) is 25.9 Å². The van der Waals surface area contributed by atoms with Gasteiger partial charge in [0.05, 0.1) is 23.0 Å². The Kier molecular flexibility index (Phi) is 5.39. The van der Waals surface area contributed by atoms with Crippen molar-refractivity contribution in [1.82, 2.24) is 20.0 Å². The topological polar surface area (TPSA) is 85.8 Å². The molecule has 0 unspecified atom stereocenters. The molecule has 170 valence electrons. The minimum absolute atomic E-state index is 0.0839. The molecule has 13 heteroatoms. The van der Waals surface area contributed by atoms with E-state index in [-0.39, 0.29) is 23.2 Å². The molecule has 0 bridgehead atoms. The fraction of sp³-hybridized carbons (Fsp3) is 0.100. The second-order valence-electron chi connectivity index (χ2n) is 6.67. The molecule has 2 aromatic carbocycles. The van der Waals surface area contributed by atoms with E-state index < -0.39 is 29.4 Å². The van der Waals surface area contributed by atoms with E-state index in [1.165, 1.54) is 30.3 Å². The van der Waals surface area contributed by atoms with Crippen LogP contribution in [0.1, 0.15) is 21.5 Å². The van der Waals surface area contributed by atoms with Gasteiger partial charge >= 0.3 is 18.4 Å². The van der Waals surface area contributed by atoms with Gasteiger partial charge in [0.25, 0.3) is 5.91 Å². The van der Waals surface area contributed by atoms with Gasteiger partial charge in [-0.25, -0.2) is 4.68 Å². The van der Waals surface area contributed by atoms with Crippen LogP contribution in [0.3, 0.4) is 0 Å². The van der Waals surface area contributed by atoms with Gasteiger partial charge in [0, 0.05) is 17.3 Å². The summed E-state index contributed by atoms with van der Waals surface area (Å²) in [5, 5.41) is 13.3. The molecule has 33 heavy (non-hydrogen) atoms. The molecule has 0 radical (unpaired) electrons. The zero-order chi connectivity index (χ0) is 23.8. The number of nitrogens with one attached hydrogen (secondary N) is 1. The summed E-state index contributed by atoms with van der Waals surface area (Å²) >= 11 is 0. The fourth-order valence-electron chi connectivity index (χ4n) is 2.79. The van der Waals surface area contributed by atoms with Gasteiger partial charge in [-0.3, -0.25) is 10.1 Å². The number of carbonyl (C=O) groups excluding carboxylic acids is 1. The number of rotatable bonds is 4. The Labute approximate surface area is 180 Å². The van der Waals surface area contributed by atoms with Gasteiger partial charge in [-0.05, 0) is 36.4 Å². The molecule has 1 amide bonds. The molecule has 4 rings (SSSR count). The van der Waals surface area contributed by atoms with Crippen LogP contribution in [0.5, 0.6) is 0 Å². The lowest BCUT2D eigenvalue weighted by atomic mass is 10.1. The molecule has 0 spiro atoms. The Morgan fingerprint density at radius 2 is 1.64 bits per heavy atom. The number of aromatic nitrogens is 4. The Bertz CT molecular complexity index is 1310. The number of carbonyl (C=O) groups is 1. The Morgan fingerprint density at radius 3 is 2.33 bits per heavy atom. The highest BCUT2D eigenvalue weighted by Gasteiger charge is 2.32. The molecule has 2 heterocycles. The third-order valence-electron chi connectivity index (χ3n) is 4.37. The van der Waals surface area contributed by atoms with Crippen LogP contribution >= 0.6 is 0 Å². The average molecular weight is 467 g/mol. The van der Waals surface area contributed by atoms with Crippen molar-refractivity contribution >= 4 is 11.9 Å². The maximum Gasteiger partial charge on any atom is 0.419 e. The van der Waals surface area contributed by atoms with Gasteiger partial charge in [-0.1, -0.05) is 17.2 Å². The predicted octanol–water partition coefficient (Wildman–Crippen LogP) is 5.21. The number of hydrogen-bond donors (Lipinski definition) is 1. The number of amides is 1. The summed E-state index contributed by atoms with van der Waals surface area (Å²) in [5.41, 5.74) is -1.61. The van der Waals surface area contributed by atoms with Crippen LogP contribution < -0.4 is 5.32 Å². The molecular formula is C20H11F6N5O2. The molecule has 0 aliphatic rings. The number of halogens is 6. The van der Waals surface area contributed by atoms with Gasteiger partial charge in [0.15, 0.2) is 0 Å². The van der Waals surface area contributed by atoms with E-state index in [1.807, 2.05) is 0 Å². The summed E-state index contributed by atoms with van der Waals surface area (Å²) in [6.07, 6.45) is -7.67. The molecule has 0 aliphatic carbocycles. The van der Waals surface area contributed by atoms with Crippen molar-refractivity contribution in [3.63, 3.8) is 0 Å². The standard InChI is InChI=1S/C20H11F6N5O2/c21-19(22,23)13-5-1-3-11(7-13)16(32)28-18-30-29-17(33-18)12-4-2-6-15(8-12)31-10-14(9-27-31)20(24,25)26/h1-10H,(H,28,30,32). The molecule has 0 saturated heterocycles. The molecule has 0 aliphatic heterocycles. The fourth-order valence-corrected chi connectivity index (χ4v) is 2.79. The molecule has 7 nitrogen and oxygen atoms in total. The maximum atomic E-state index is 12.8. The number of hydrogen-bond acceptors (Lipinski definition) is 5. The van der Waals surface area contributed by atoms with Crippen LogP contribution in [0.15, 0.2) is 65.3 Å². The average Bonchev–Trinajstić information content (AvgIpc) is 3.43. The smallest absolute Gasteiger partial charge is 0.403 e. The molecule has 0 saturated carbocycles. The third kappa shape index (κ3) is 4.86. The van der Waals surface area contributed by atoms with Gasteiger partial charge in [-0.15, -0.1) is 5.10 Å². The first-order valence-corrected chi connectivity index (χ1v) is 9.05. The first-order chi connectivity index (χ1) is 15.5. The molecule has 4 aromatic rings. The lowest BCUT2D eigenvalue weighted by molar-refractivity contribution is -0.138. The van der Waals surface area contributed by atoms with E-state index in [9.17, 15) is 31.1 Å². The van der Waals surface area contributed by atoms with Crippen LogP contribution in [0.25, 0.3) is 17.1 Å². The van der Waals surface area contributed by atoms with E-state index >= 15 is 0 Å². The normalized spacial score (nSPS) is 12.1. The SMILES string of the molecule is O=C(Nc1nnc(-c2cccc(-n3cc(C(F)(F)F)cn3)c2)o1)c1cccc(C(F)(F)F)c1. The van der Waals surface area contributed by atoms with E-state index in [2.05, 4.69) is 20.6 Å². The summed E-state index contributed by atoms with van der Waals surface area (Å²) in [6.45, 7) is 0. The number of benzene rings is 2. The maximum absolute atomic E-state index is 12.8. The predicted molar refractivity (Wildman–Crippen MR) is 101 cm³/mol. The summed E-state index contributed by atoms with van der Waals surface area (Å²) < 4.78 is 83.2. The Hall–Kier alpha value is -4.16. The minimum atomic E-state index is -4.62. The zero-order valence-electron chi connectivity index (χ0n) is 16.1. The highest BCUT2D eigenvalue weighted by molar-refractivity contribution is 6.03. The van der Waals surface area contributed by atoms with Gasteiger partial charge in [-0.2, -0.15) is 31.4 Å². The summed E-state index contributed by atoms with van der Waals surface area (Å²) in [4.78, 5) is 12.3. The van der Waals surface area contributed by atoms with Gasteiger partial charge in [0.2, 0.25) is 5.89 Å². The van der Waals surface area contributed by atoms with Crippen molar-refractivity contribution in [1.29, 1.82) is 0 Å². The summed E-state index contributed by atoms with van der Waals surface area (Å²) in [6, 6.07) is 9.38. The lowest BCUT2D eigenvalue weighted by Crippen LogP contribution is -2.14. The van der Waals surface area contributed by atoms with Gasteiger partial charge in [0.1, 0.15) is 0 Å². The highest BCUT2D eigenvalue weighted by atomic mass is 19.4. The molecule has 0 fully saturated rings. The first kappa shape index (κ1) is 22.0. The molecule has 1 N–H and O–H groups in total. The van der Waals surface area contributed by atoms with Crippen LogP contribution in [0.2, 0.25) is 0 Å². The van der Waals surface area contributed by atoms with Crippen molar-refractivity contribution in [2.45, 2.75) is 12.4 Å². The second kappa shape index (κ2) is 8.07. The first-order valence-electron chi connectivity index (χ1n) is 9.05. The minimum Gasteiger partial charge on any atom is -0.403 e. The van der Waals surface area contributed by atoms with E-state index in [0.29, 0.717) is 17.8 Å². The Balaban J connectivity index is 1.53. The monoisotopic (exact) mass is 467 g/mol. The largest absolute Gasteiger partial charge is 0.419 e. The van der Waals surface area contributed by atoms with Crippen LogP contribution in [0.4, 0.5) is 32.4 Å². The van der Waals surface area contributed by atoms with E-state index in [0.717, 1.165) is 23.0 Å². The summed E-state index contributed by atoms with van der Waals surface area (Å²) in [7, 11) is 0. The van der Waals surface area contributed by atoms with Crippen LogP contribution in [-0.2, 0) is 12.4 Å². The number of alkyl halides is 6. The zero-order valence-corrected chi connectivity index (χ0v) is 16.1. The quantitative estimate of drug-likeness (QED) is 0.417. The van der Waals surface area contributed by atoms with E-state index in [4.69, 9.17) is 4.42 Å². The third-order valence-corrected chi connectivity index (χ3v) is 4.37. The highest BCUT2D eigenvalue weighted by Crippen LogP contribution is 2.31. The van der Waals surface area contributed by atoms with E-state index in [1.54, 1.807) is 0 Å².